The normalized spacial score (nSPS) is 11.0. The quantitative estimate of drug-likeness (QED) is 0.718. The van der Waals surface area contributed by atoms with Crippen molar-refractivity contribution in [3.8, 4) is 0 Å². The fraction of sp³-hybridized carbons (Fsp3) is 0.231. The molecule has 0 atom stereocenters. The Labute approximate surface area is 109 Å². The molecular weight excluding hydrogens is 242 g/mol. The number of carbonyl (C=O) groups excluding carboxylic acids is 1. The van der Waals surface area contributed by atoms with Crippen LogP contribution in [0, 0.1) is 0 Å². The standard InChI is InChI=1S/C13H13N5O/c1-2-18-10-6-4-3-5-9(10)16-12(18)7-11(19)13-14-8-15-17-13/h3-6,8H,2,7H2,1H3,(H,14,15,17). The third kappa shape index (κ3) is 2.01. The molecular formula is C13H13N5O. The Kier molecular flexibility index (Phi) is 2.83. The molecule has 0 aliphatic heterocycles. The number of benzene rings is 1. The topological polar surface area (TPSA) is 76.5 Å². The molecule has 6 heteroatoms. The van der Waals surface area contributed by atoms with Crippen LogP contribution in [0.25, 0.3) is 11.0 Å². The van der Waals surface area contributed by atoms with Gasteiger partial charge in [0.25, 0.3) is 0 Å². The molecule has 2 heterocycles. The van der Waals surface area contributed by atoms with Crippen LogP contribution in [0.3, 0.4) is 0 Å². The maximum absolute atomic E-state index is 12.0. The smallest absolute Gasteiger partial charge is 0.207 e. The summed E-state index contributed by atoms with van der Waals surface area (Å²) in [5, 5.41) is 6.27. The number of nitrogens with zero attached hydrogens (tertiary/aromatic N) is 4. The molecule has 6 nitrogen and oxygen atoms in total. The molecule has 3 aromatic rings. The van der Waals surface area contributed by atoms with Crippen molar-refractivity contribution in [2.45, 2.75) is 19.9 Å². The summed E-state index contributed by atoms with van der Waals surface area (Å²) in [5.41, 5.74) is 1.95. The number of aryl methyl sites for hydroxylation is 1. The van der Waals surface area contributed by atoms with Crippen LogP contribution in [-0.2, 0) is 13.0 Å². The van der Waals surface area contributed by atoms with E-state index < -0.39 is 0 Å². The van der Waals surface area contributed by atoms with Crippen molar-refractivity contribution in [1.82, 2.24) is 24.7 Å². The van der Waals surface area contributed by atoms with Gasteiger partial charge in [0.1, 0.15) is 12.2 Å². The van der Waals surface area contributed by atoms with E-state index in [0.29, 0.717) is 0 Å². The van der Waals surface area contributed by atoms with E-state index in [1.165, 1.54) is 6.33 Å². The summed E-state index contributed by atoms with van der Waals surface area (Å²) < 4.78 is 2.05. The second kappa shape index (κ2) is 4.64. The second-order valence-electron chi connectivity index (χ2n) is 4.20. The van der Waals surface area contributed by atoms with Crippen molar-refractivity contribution in [3.63, 3.8) is 0 Å². The first-order valence-corrected chi connectivity index (χ1v) is 6.12. The molecule has 1 aromatic carbocycles. The summed E-state index contributed by atoms with van der Waals surface area (Å²) >= 11 is 0. The average Bonchev–Trinajstić information content (AvgIpc) is 3.05. The van der Waals surface area contributed by atoms with Gasteiger partial charge in [-0.3, -0.25) is 9.89 Å². The second-order valence-corrected chi connectivity index (χ2v) is 4.20. The minimum Gasteiger partial charge on any atom is -0.328 e. The third-order valence-corrected chi connectivity index (χ3v) is 3.05. The molecule has 0 aliphatic carbocycles. The zero-order chi connectivity index (χ0) is 13.2. The van der Waals surface area contributed by atoms with Gasteiger partial charge < -0.3 is 4.57 Å². The van der Waals surface area contributed by atoms with Gasteiger partial charge in [0.2, 0.25) is 5.78 Å². The van der Waals surface area contributed by atoms with E-state index in [2.05, 4.69) is 20.2 Å². The van der Waals surface area contributed by atoms with Crippen molar-refractivity contribution in [2.24, 2.45) is 0 Å². The van der Waals surface area contributed by atoms with E-state index in [4.69, 9.17) is 0 Å². The van der Waals surface area contributed by atoms with Gasteiger partial charge in [-0.25, -0.2) is 9.97 Å². The van der Waals surface area contributed by atoms with Gasteiger partial charge in [-0.05, 0) is 19.1 Å². The van der Waals surface area contributed by atoms with Crippen LogP contribution >= 0.6 is 0 Å². The Morgan fingerprint density at radius 1 is 1.37 bits per heavy atom. The van der Waals surface area contributed by atoms with Crippen LogP contribution in [-0.4, -0.2) is 30.5 Å². The van der Waals surface area contributed by atoms with Gasteiger partial charge in [0.15, 0.2) is 5.82 Å². The van der Waals surface area contributed by atoms with Crippen LogP contribution in [0.15, 0.2) is 30.6 Å². The largest absolute Gasteiger partial charge is 0.328 e. The number of para-hydroxylation sites is 2. The molecule has 0 amide bonds. The van der Waals surface area contributed by atoms with Gasteiger partial charge in [-0.1, -0.05) is 12.1 Å². The molecule has 0 saturated heterocycles. The van der Waals surface area contributed by atoms with Crippen LogP contribution in [0.4, 0.5) is 0 Å². The highest BCUT2D eigenvalue weighted by Crippen LogP contribution is 2.16. The summed E-state index contributed by atoms with van der Waals surface area (Å²) in [5.74, 6) is 0.919. The van der Waals surface area contributed by atoms with Crippen molar-refractivity contribution in [1.29, 1.82) is 0 Å². The maximum Gasteiger partial charge on any atom is 0.207 e. The Balaban J connectivity index is 1.99. The lowest BCUT2D eigenvalue weighted by Gasteiger charge is -2.04. The fourth-order valence-corrected chi connectivity index (χ4v) is 2.18. The number of nitrogens with one attached hydrogen (secondary N) is 1. The van der Waals surface area contributed by atoms with Crippen LogP contribution in [0.2, 0.25) is 0 Å². The highest BCUT2D eigenvalue weighted by atomic mass is 16.1. The molecule has 0 aliphatic rings. The molecule has 0 spiro atoms. The molecule has 0 fully saturated rings. The predicted molar refractivity (Wildman–Crippen MR) is 69.8 cm³/mol. The van der Waals surface area contributed by atoms with Gasteiger partial charge in [0.05, 0.1) is 17.5 Å². The molecule has 0 saturated carbocycles. The van der Waals surface area contributed by atoms with Crippen LogP contribution < -0.4 is 0 Å². The van der Waals surface area contributed by atoms with E-state index in [1.807, 2.05) is 35.8 Å². The number of ketones is 1. The molecule has 0 radical (unpaired) electrons. The van der Waals surface area contributed by atoms with Gasteiger partial charge in [-0.15, -0.1) is 0 Å². The summed E-state index contributed by atoms with van der Waals surface area (Å²) in [6.45, 7) is 2.82. The first kappa shape index (κ1) is 11.6. The molecule has 1 N–H and O–H groups in total. The van der Waals surface area contributed by atoms with Crippen LogP contribution in [0.1, 0.15) is 23.4 Å². The average molecular weight is 255 g/mol. The van der Waals surface area contributed by atoms with E-state index >= 15 is 0 Å². The molecule has 96 valence electrons. The first-order chi connectivity index (χ1) is 9.29. The zero-order valence-corrected chi connectivity index (χ0v) is 10.5. The lowest BCUT2D eigenvalue weighted by molar-refractivity contribution is 0.0980. The van der Waals surface area contributed by atoms with E-state index in [0.717, 1.165) is 23.4 Å². The molecule has 0 bridgehead atoms. The molecule has 19 heavy (non-hydrogen) atoms. The highest BCUT2D eigenvalue weighted by Gasteiger charge is 2.15. The number of aromatic nitrogens is 5. The first-order valence-electron chi connectivity index (χ1n) is 6.12. The maximum atomic E-state index is 12.0. The number of hydrogen-bond acceptors (Lipinski definition) is 4. The monoisotopic (exact) mass is 255 g/mol. The van der Waals surface area contributed by atoms with Crippen LogP contribution in [0.5, 0.6) is 0 Å². The predicted octanol–water partition coefficient (Wildman–Crippen LogP) is 1.60. The number of H-pyrrole nitrogens is 1. The number of Topliss-reactive ketones (excluding diaryl/α,β-unsaturated/α-hetero) is 1. The summed E-state index contributed by atoms with van der Waals surface area (Å²) in [7, 11) is 0. The van der Waals surface area contributed by atoms with Gasteiger partial charge in [-0.2, -0.15) is 5.10 Å². The van der Waals surface area contributed by atoms with Gasteiger partial charge >= 0.3 is 0 Å². The summed E-state index contributed by atoms with van der Waals surface area (Å²) in [4.78, 5) is 20.4. The van der Waals surface area contributed by atoms with E-state index in [9.17, 15) is 4.79 Å². The fourth-order valence-electron chi connectivity index (χ4n) is 2.18. The third-order valence-electron chi connectivity index (χ3n) is 3.05. The lowest BCUT2D eigenvalue weighted by atomic mass is 10.2. The highest BCUT2D eigenvalue weighted by molar-refractivity contribution is 5.94. The Hall–Kier alpha value is -2.50. The number of aromatic amines is 1. The van der Waals surface area contributed by atoms with Crippen molar-refractivity contribution < 1.29 is 4.79 Å². The lowest BCUT2D eigenvalue weighted by Crippen LogP contribution is -2.11. The zero-order valence-electron chi connectivity index (χ0n) is 10.5. The number of hydrogen-bond donors (Lipinski definition) is 1. The Bertz CT molecular complexity index is 714. The van der Waals surface area contributed by atoms with Crippen molar-refractivity contribution >= 4 is 16.8 Å². The number of fused-ring (bicyclic) bond motifs is 1. The van der Waals surface area contributed by atoms with Gasteiger partial charge in [0, 0.05) is 6.54 Å². The number of carbonyl (C=O) groups is 1. The molecule has 2 aromatic heterocycles. The molecule has 3 rings (SSSR count). The van der Waals surface area contributed by atoms with E-state index in [-0.39, 0.29) is 18.0 Å². The van der Waals surface area contributed by atoms with E-state index in [1.54, 1.807) is 0 Å². The summed E-state index contributed by atoms with van der Waals surface area (Å²) in [6, 6.07) is 7.87. The summed E-state index contributed by atoms with van der Waals surface area (Å²) in [6.07, 6.45) is 1.55. The minimum atomic E-state index is -0.109. The SMILES string of the molecule is CCn1c(CC(=O)c2ncn[nH]2)nc2ccccc21. The minimum absolute atomic E-state index is 0.109. The Morgan fingerprint density at radius 3 is 2.95 bits per heavy atom. The van der Waals surface area contributed by atoms with Crippen molar-refractivity contribution in [2.75, 3.05) is 0 Å². The van der Waals surface area contributed by atoms with Crippen molar-refractivity contribution in [3.05, 3.63) is 42.2 Å². The Morgan fingerprint density at radius 2 is 2.21 bits per heavy atom. The number of imidazole rings is 1. The molecule has 0 unspecified atom stereocenters. The number of rotatable bonds is 4.